The van der Waals surface area contributed by atoms with Crippen LogP contribution < -0.4 is 4.31 Å². The highest BCUT2D eigenvalue weighted by Gasteiger charge is 2.35. The minimum Gasteiger partial charge on any atom is -0.335 e. The zero-order valence-corrected chi connectivity index (χ0v) is 19.7. The first-order valence-corrected chi connectivity index (χ1v) is 14.2. The third kappa shape index (κ3) is 4.41. The Balaban J connectivity index is 1.65. The summed E-state index contributed by atoms with van der Waals surface area (Å²) in [6, 6.07) is 13.2. The van der Waals surface area contributed by atoms with Gasteiger partial charge in [-0.3, -0.25) is 9.10 Å². The summed E-state index contributed by atoms with van der Waals surface area (Å²) in [4.78, 5) is 15.0. The van der Waals surface area contributed by atoms with E-state index in [2.05, 4.69) is 0 Å². The lowest BCUT2D eigenvalue weighted by atomic mass is 10.0. The highest BCUT2D eigenvalue weighted by molar-refractivity contribution is 7.93. The van der Waals surface area contributed by atoms with E-state index in [9.17, 15) is 21.6 Å². The Morgan fingerprint density at radius 2 is 1.94 bits per heavy atom. The summed E-state index contributed by atoms with van der Waals surface area (Å²) in [7, 11) is -6.99. The monoisotopic (exact) mass is 476 g/mol. The molecule has 0 aliphatic carbocycles. The number of para-hydroxylation sites is 1. The molecule has 0 saturated carbocycles. The molecule has 2 aliphatic rings. The summed E-state index contributed by atoms with van der Waals surface area (Å²) in [5.74, 6) is -0.292. The zero-order chi connectivity index (χ0) is 22.9. The van der Waals surface area contributed by atoms with Crippen LogP contribution in [0.25, 0.3) is 0 Å². The number of anilines is 1. The number of fused-ring (bicyclic) bond motifs is 1. The molecule has 2 heterocycles. The van der Waals surface area contributed by atoms with Crippen molar-refractivity contribution in [2.24, 2.45) is 0 Å². The van der Waals surface area contributed by atoms with Crippen LogP contribution in [0.2, 0.25) is 0 Å². The molecule has 1 atom stereocenters. The average molecular weight is 477 g/mol. The van der Waals surface area contributed by atoms with E-state index in [1.807, 2.05) is 31.2 Å². The highest BCUT2D eigenvalue weighted by atomic mass is 32.2. The van der Waals surface area contributed by atoms with Gasteiger partial charge < -0.3 is 4.90 Å². The van der Waals surface area contributed by atoms with Crippen LogP contribution in [-0.2, 0) is 26.3 Å². The number of carbonyl (C=O) groups excluding carboxylic acids is 1. The fourth-order valence-corrected chi connectivity index (χ4v) is 7.86. The van der Waals surface area contributed by atoms with Gasteiger partial charge in [-0.05, 0) is 55.5 Å². The lowest BCUT2D eigenvalue weighted by molar-refractivity contribution is 0.0697. The van der Waals surface area contributed by atoms with Gasteiger partial charge in [0.2, 0.25) is 0 Å². The lowest BCUT2D eigenvalue weighted by Crippen LogP contribution is -2.41. The van der Waals surface area contributed by atoms with E-state index < -0.39 is 19.9 Å². The number of rotatable bonds is 6. The third-order valence-corrected chi connectivity index (χ3v) is 9.67. The van der Waals surface area contributed by atoms with E-state index in [1.165, 1.54) is 16.4 Å². The predicted molar refractivity (Wildman–Crippen MR) is 124 cm³/mol. The molecule has 1 saturated heterocycles. The van der Waals surface area contributed by atoms with Crippen molar-refractivity contribution in [3.8, 4) is 0 Å². The molecule has 2 aromatic rings. The van der Waals surface area contributed by atoms with E-state index in [0.717, 1.165) is 18.4 Å². The van der Waals surface area contributed by atoms with Crippen LogP contribution in [0.1, 0.15) is 42.1 Å². The van der Waals surface area contributed by atoms with Gasteiger partial charge in [0.25, 0.3) is 15.9 Å². The van der Waals surface area contributed by atoms with Crippen LogP contribution in [0.3, 0.4) is 0 Å². The van der Waals surface area contributed by atoms with E-state index >= 15 is 0 Å². The first kappa shape index (κ1) is 22.8. The molecule has 2 aromatic carbocycles. The van der Waals surface area contributed by atoms with Crippen LogP contribution in [0.5, 0.6) is 0 Å². The largest absolute Gasteiger partial charge is 0.335 e. The van der Waals surface area contributed by atoms with Crippen molar-refractivity contribution in [2.75, 3.05) is 28.9 Å². The maximum absolute atomic E-state index is 13.5. The van der Waals surface area contributed by atoms with E-state index in [-0.39, 0.29) is 33.9 Å². The van der Waals surface area contributed by atoms with Gasteiger partial charge in [0.05, 0.1) is 22.1 Å². The van der Waals surface area contributed by atoms with Crippen LogP contribution in [-0.4, -0.2) is 58.3 Å². The Morgan fingerprint density at radius 3 is 2.66 bits per heavy atom. The number of benzene rings is 2. The van der Waals surface area contributed by atoms with E-state index in [4.69, 9.17) is 0 Å². The van der Waals surface area contributed by atoms with Crippen molar-refractivity contribution < 1.29 is 21.6 Å². The van der Waals surface area contributed by atoms with Crippen LogP contribution in [0.15, 0.2) is 53.4 Å². The average Bonchev–Trinajstić information content (AvgIpc) is 3.16. The van der Waals surface area contributed by atoms with Crippen molar-refractivity contribution in [1.29, 1.82) is 0 Å². The molecule has 2 aliphatic heterocycles. The smallest absolute Gasteiger partial charge is 0.264 e. The van der Waals surface area contributed by atoms with Crippen LogP contribution >= 0.6 is 0 Å². The third-order valence-electron chi connectivity index (χ3n) is 6.11. The quantitative estimate of drug-likeness (QED) is 0.639. The molecule has 1 fully saturated rings. The molecule has 172 valence electrons. The number of amides is 1. The van der Waals surface area contributed by atoms with Crippen LogP contribution in [0.4, 0.5) is 5.69 Å². The summed E-state index contributed by atoms with van der Waals surface area (Å²) in [5, 5.41) is 0. The van der Waals surface area contributed by atoms with Gasteiger partial charge in [-0.15, -0.1) is 0 Å². The van der Waals surface area contributed by atoms with Gasteiger partial charge in [-0.2, -0.15) is 0 Å². The lowest BCUT2D eigenvalue weighted by Gasteiger charge is -2.31. The molecule has 0 bridgehead atoms. The molecule has 0 spiro atoms. The molecular weight excluding hydrogens is 448 g/mol. The number of sulfonamides is 1. The van der Waals surface area contributed by atoms with Gasteiger partial charge in [0, 0.05) is 24.7 Å². The summed E-state index contributed by atoms with van der Waals surface area (Å²) in [5.41, 5.74) is 1.93. The highest BCUT2D eigenvalue weighted by Crippen LogP contribution is 2.32. The Bertz CT molecular complexity index is 1220. The van der Waals surface area contributed by atoms with Gasteiger partial charge >= 0.3 is 0 Å². The Hall–Kier alpha value is -2.39. The molecular formula is C23H28N2O5S2. The van der Waals surface area contributed by atoms with Crippen molar-refractivity contribution in [3.05, 3.63) is 59.7 Å². The van der Waals surface area contributed by atoms with Crippen molar-refractivity contribution in [1.82, 2.24) is 4.90 Å². The molecule has 9 heteroatoms. The minimum atomic E-state index is -3.84. The minimum absolute atomic E-state index is 0.0404. The number of hydrogen-bond donors (Lipinski definition) is 0. The van der Waals surface area contributed by atoms with Gasteiger partial charge in [-0.1, -0.05) is 31.2 Å². The van der Waals surface area contributed by atoms with Crippen molar-refractivity contribution in [3.63, 3.8) is 0 Å². The topological polar surface area (TPSA) is 91.8 Å². The molecule has 7 nitrogen and oxygen atoms in total. The summed E-state index contributed by atoms with van der Waals surface area (Å²) >= 11 is 0. The number of aryl methyl sites for hydroxylation is 1. The second-order valence-corrected chi connectivity index (χ2v) is 12.5. The second-order valence-electron chi connectivity index (χ2n) is 8.39. The normalized spacial score (nSPS) is 20.0. The zero-order valence-electron chi connectivity index (χ0n) is 18.1. The van der Waals surface area contributed by atoms with Gasteiger partial charge in [0.1, 0.15) is 0 Å². The molecule has 0 N–H and O–H groups in total. The second kappa shape index (κ2) is 8.86. The summed E-state index contributed by atoms with van der Waals surface area (Å²) in [6.07, 6.45) is 2.66. The molecule has 4 rings (SSSR count). The standard InChI is InChI=1S/C23H28N2O5S2/c1-2-13-24(20-12-15-31(27,28)17-20)23(26)19-8-5-10-21(16-19)32(29,30)25-14-6-9-18-7-3-4-11-22(18)25/h3-5,7-8,10-11,16,20H,2,6,9,12-15,17H2,1H3/t20-/m1/s1. The van der Waals surface area contributed by atoms with E-state index in [1.54, 1.807) is 17.0 Å². The number of nitrogens with zero attached hydrogens (tertiary/aromatic N) is 2. The van der Waals surface area contributed by atoms with Crippen LogP contribution in [0, 0.1) is 0 Å². The van der Waals surface area contributed by atoms with Crippen molar-refractivity contribution in [2.45, 2.75) is 43.5 Å². The summed E-state index contributed by atoms with van der Waals surface area (Å²) in [6.45, 7) is 2.74. The van der Waals surface area contributed by atoms with Crippen molar-refractivity contribution >= 4 is 31.5 Å². The number of hydrogen-bond acceptors (Lipinski definition) is 5. The van der Waals surface area contributed by atoms with E-state index in [0.29, 0.717) is 31.6 Å². The molecule has 0 unspecified atom stereocenters. The fraction of sp³-hybridized carbons (Fsp3) is 0.435. The first-order valence-electron chi connectivity index (χ1n) is 10.9. The summed E-state index contributed by atoms with van der Waals surface area (Å²) < 4.78 is 52.3. The molecule has 1 amide bonds. The Morgan fingerprint density at radius 1 is 1.16 bits per heavy atom. The number of carbonyl (C=O) groups is 1. The molecule has 0 aromatic heterocycles. The Labute approximate surface area is 190 Å². The van der Waals surface area contributed by atoms with Gasteiger partial charge in [-0.25, -0.2) is 16.8 Å². The maximum Gasteiger partial charge on any atom is 0.264 e. The Kier molecular flexibility index (Phi) is 6.31. The SMILES string of the molecule is CCCN(C(=O)c1cccc(S(=O)(=O)N2CCCc3ccccc32)c1)[C@@H]1CCS(=O)(=O)C1. The molecule has 0 radical (unpaired) electrons. The number of sulfone groups is 1. The maximum atomic E-state index is 13.5. The fourth-order valence-electron chi connectivity index (χ4n) is 4.54. The first-order chi connectivity index (χ1) is 15.2. The predicted octanol–water partition coefficient (Wildman–Crippen LogP) is 2.87. The van der Waals surface area contributed by atoms with Gasteiger partial charge in [0.15, 0.2) is 9.84 Å². The molecule has 32 heavy (non-hydrogen) atoms.